The van der Waals surface area contributed by atoms with E-state index in [0.29, 0.717) is 18.0 Å². The van der Waals surface area contributed by atoms with Crippen LogP contribution < -0.4 is 10.6 Å². The van der Waals surface area contributed by atoms with Crippen molar-refractivity contribution in [1.29, 1.82) is 0 Å². The Balaban J connectivity index is 1.62. The molecule has 11 nitrogen and oxygen atoms in total. The van der Waals surface area contributed by atoms with Crippen LogP contribution in [0.5, 0.6) is 5.75 Å². The average Bonchev–Trinajstić information content (AvgIpc) is 2.79. The van der Waals surface area contributed by atoms with Crippen LogP contribution in [0.1, 0.15) is 34.8 Å². The van der Waals surface area contributed by atoms with E-state index in [-0.39, 0.29) is 24.2 Å². The summed E-state index contributed by atoms with van der Waals surface area (Å²) in [6.45, 7) is 4.64. The van der Waals surface area contributed by atoms with Crippen molar-refractivity contribution in [2.45, 2.75) is 38.0 Å². The zero-order chi connectivity index (χ0) is 28.7. The zero-order valence-corrected chi connectivity index (χ0v) is 22.9. The number of carbonyl (C=O) groups is 5. The number of phenolic OH excluding ortho intramolecular Hbond substituents is 1. The number of rotatable bonds is 5. The number of benzene rings is 1. The number of aliphatic hydroxyl groups is 1. The summed E-state index contributed by atoms with van der Waals surface area (Å²) in [4.78, 5) is 72.2. The third kappa shape index (κ3) is 3.85. The minimum atomic E-state index is -2.72. The predicted molar refractivity (Wildman–Crippen MR) is 140 cm³/mol. The molecule has 0 bridgehead atoms. The van der Waals surface area contributed by atoms with Gasteiger partial charge in [0.15, 0.2) is 34.7 Å². The van der Waals surface area contributed by atoms with Gasteiger partial charge in [-0.1, -0.05) is 6.92 Å². The molecule has 39 heavy (non-hydrogen) atoms. The van der Waals surface area contributed by atoms with Gasteiger partial charge in [-0.05, 0) is 56.0 Å². The largest absolute Gasteiger partial charge is 0.507 e. The molecule has 2 saturated carbocycles. The Kier molecular flexibility index (Phi) is 6.47. The van der Waals surface area contributed by atoms with Crippen LogP contribution in [-0.4, -0.2) is 102 Å². The molecule has 1 aliphatic heterocycles. The van der Waals surface area contributed by atoms with Gasteiger partial charge in [0.2, 0.25) is 5.91 Å². The molecule has 1 amide bonds. The van der Waals surface area contributed by atoms with Crippen molar-refractivity contribution >= 4 is 34.7 Å². The average molecular weight is 541 g/mol. The molecule has 1 aromatic rings. The van der Waals surface area contributed by atoms with Crippen molar-refractivity contribution in [3.05, 3.63) is 22.8 Å². The van der Waals surface area contributed by atoms with Gasteiger partial charge in [-0.15, -0.1) is 0 Å². The highest BCUT2D eigenvalue weighted by atomic mass is 16.3. The van der Waals surface area contributed by atoms with Crippen LogP contribution in [0, 0.1) is 29.6 Å². The van der Waals surface area contributed by atoms with Gasteiger partial charge < -0.3 is 20.8 Å². The lowest BCUT2D eigenvalue weighted by molar-refractivity contribution is -0.181. The number of nitrogens with two attached hydrogens (primary N) is 1. The second-order valence-electron chi connectivity index (χ2n) is 12.2. The summed E-state index contributed by atoms with van der Waals surface area (Å²) in [6.07, 6.45) is 0.280. The quantitative estimate of drug-likeness (QED) is 0.411. The number of nitrogens with zero attached hydrogens (tertiary/aromatic N) is 3. The molecule has 1 aromatic carbocycles. The molecule has 3 fully saturated rings. The summed E-state index contributed by atoms with van der Waals surface area (Å²) >= 11 is 0. The van der Waals surface area contributed by atoms with Gasteiger partial charge >= 0.3 is 0 Å². The monoisotopic (exact) mass is 540 g/mol. The Labute approximate surface area is 226 Å². The van der Waals surface area contributed by atoms with Crippen molar-refractivity contribution in [3.8, 4) is 5.75 Å². The van der Waals surface area contributed by atoms with Crippen LogP contribution in [0.15, 0.2) is 6.07 Å². The minimum Gasteiger partial charge on any atom is -0.507 e. The van der Waals surface area contributed by atoms with Gasteiger partial charge in [0.1, 0.15) is 5.75 Å². The maximum atomic E-state index is 13.9. The van der Waals surface area contributed by atoms with Crippen LogP contribution in [0.3, 0.4) is 0 Å². The van der Waals surface area contributed by atoms with Crippen molar-refractivity contribution < 1.29 is 34.2 Å². The maximum Gasteiger partial charge on any atom is 0.235 e. The topological polar surface area (TPSA) is 162 Å². The van der Waals surface area contributed by atoms with E-state index in [1.165, 1.54) is 4.90 Å². The fourth-order valence-corrected chi connectivity index (χ4v) is 7.60. The second kappa shape index (κ2) is 9.21. The Morgan fingerprint density at radius 2 is 1.77 bits per heavy atom. The Hall–Kier alpha value is -3.15. The lowest BCUT2D eigenvalue weighted by Crippen LogP contribution is -2.74. The van der Waals surface area contributed by atoms with Crippen LogP contribution >= 0.6 is 0 Å². The number of fused-ring (bicyclic) bond motifs is 3. The normalized spacial score (nSPS) is 32.9. The van der Waals surface area contributed by atoms with E-state index >= 15 is 0 Å². The number of likely N-dealkylation sites (N-methyl/N-ethyl adjacent to an activating group) is 1. The number of ketones is 4. The third-order valence-electron chi connectivity index (χ3n) is 9.09. The number of likely N-dealkylation sites (tertiary alicyclic amines) is 1. The van der Waals surface area contributed by atoms with E-state index in [9.17, 15) is 34.2 Å². The molecule has 4 N–H and O–H groups in total. The lowest BCUT2D eigenvalue weighted by Gasteiger charge is -2.52. The highest BCUT2D eigenvalue weighted by molar-refractivity contribution is 6.32. The van der Waals surface area contributed by atoms with E-state index in [4.69, 9.17) is 5.73 Å². The summed E-state index contributed by atoms with van der Waals surface area (Å²) in [7, 11) is 6.86. The summed E-state index contributed by atoms with van der Waals surface area (Å²) in [5, 5.41) is 22.7. The molecule has 3 aliphatic carbocycles. The molecule has 2 unspecified atom stereocenters. The third-order valence-corrected chi connectivity index (χ3v) is 9.09. The lowest BCUT2D eigenvalue weighted by atomic mass is 9.52. The molecular weight excluding hydrogens is 504 g/mol. The molecule has 0 radical (unpaired) electrons. The van der Waals surface area contributed by atoms with Crippen LogP contribution in [0.25, 0.3) is 0 Å². The van der Waals surface area contributed by atoms with Crippen molar-refractivity contribution in [2.75, 3.05) is 46.2 Å². The van der Waals surface area contributed by atoms with Gasteiger partial charge in [-0.25, -0.2) is 0 Å². The molecule has 11 heteroatoms. The van der Waals surface area contributed by atoms with Gasteiger partial charge in [0.05, 0.1) is 17.5 Å². The number of aromatic hydroxyl groups is 1. The van der Waals surface area contributed by atoms with E-state index in [0.717, 1.165) is 24.3 Å². The number of carbonyl (C=O) groups excluding carboxylic acids is 5. The minimum absolute atomic E-state index is 0.0195. The predicted octanol–water partition coefficient (Wildman–Crippen LogP) is -0.615. The number of primary amides is 1. The van der Waals surface area contributed by atoms with Crippen LogP contribution in [0.4, 0.5) is 5.69 Å². The van der Waals surface area contributed by atoms with E-state index in [1.807, 2.05) is 19.0 Å². The Morgan fingerprint density at radius 3 is 2.31 bits per heavy atom. The Bertz CT molecular complexity index is 1300. The molecule has 4 aliphatic rings. The van der Waals surface area contributed by atoms with Crippen molar-refractivity contribution in [1.82, 2.24) is 9.80 Å². The first kappa shape index (κ1) is 27.4. The molecule has 5 rings (SSSR count). The molecule has 1 heterocycles. The van der Waals surface area contributed by atoms with Crippen LogP contribution in [0.2, 0.25) is 0 Å². The Morgan fingerprint density at radius 1 is 1.13 bits per heavy atom. The maximum absolute atomic E-state index is 13.9. The second-order valence-corrected chi connectivity index (χ2v) is 12.2. The summed E-state index contributed by atoms with van der Waals surface area (Å²) in [6, 6.07) is 0.448. The van der Waals surface area contributed by atoms with E-state index < -0.39 is 64.4 Å². The molecule has 0 aromatic heterocycles. The van der Waals surface area contributed by atoms with Crippen molar-refractivity contribution in [3.63, 3.8) is 0 Å². The molecule has 0 spiro atoms. The number of amides is 1. The number of hydrogen-bond acceptors (Lipinski definition) is 10. The molecular formula is C28H36N4O7. The fourth-order valence-electron chi connectivity index (χ4n) is 7.60. The summed E-state index contributed by atoms with van der Waals surface area (Å²) in [5.41, 5.74) is 4.96. The first-order chi connectivity index (χ1) is 18.2. The summed E-state index contributed by atoms with van der Waals surface area (Å²) in [5.74, 6) is -9.71. The van der Waals surface area contributed by atoms with Gasteiger partial charge in [0.25, 0.3) is 0 Å². The van der Waals surface area contributed by atoms with Gasteiger partial charge in [0, 0.05) is 45.3 Å². The number of anilines is 1. The standard InChI is InChI=1S/C28H36N4O7/c1-12-9-32(10-12)11-14-8-17(33)19-15(21(14)30(2)3)6-13-7-16-22(31(4)5)24(35)20(27(29)38)26(37)28(16,39)25(36)18(13)23(19)34/h8,12-13,16,18,20,22,33,39H,6-7,9-11H2,1-5H3,(H2,29,38)/t13-,16-,18?,20?,22-,28-/m0/s1. The van der Waals surface area contributed by atoms with Gasteiger partial charge in [-0.2, -0.15) is 0 Å². The smallest absolute Gasteiger partial charge is 0.235 e. The molecule has 210 valence electrons. The highest BCUT2D eigenvalue weighted by Gasteiger charge is 2.69. The first-order valence-electron chi connectivity index (χ1n) is 13.3. The SMILES string of the molecule is CC1CN(Cc2cc(O)c3c(c2N(C)C)C[C@H]2C[C@H]4[C@H](N(C)C)C(=O)C(C(N)=O)C(=O)[C@@]4(O)C(=O)C2C3=O)C1. The van der Waals surface area contributed by atoms with Crippen LogP contribution in [-0.2, 0) is 32.1 Å². The number of phenols is 1. The van der Waals surface area contributed by atoms with E-state index in [2.05, 4.69) is 11.8 Å². The fraction of sp³-hybridized carbons (Fsp3) is 0.607. The van der Waals surface area contributed by atoms with E-state index in [1.54, 1.807) is 20.2 Å². The first-order valence-corrected chi connectivity index (χ1v) is 13.3. The summed E-state index contributed by atoms with van der Waals surface area (Å²) < 4.78 is 0. The van der Waals surface area contributed by atoms with Crippen molar-refractivity contribution in [2.24, 2.45) is 35.3 Å². The number of hydrogen-bond donors (Lipinski definition) is 3. The van der Waals surface area contributed by atoms with Gasteiger partial charge in [-0.3, -0.25) is 33.8 Å². The number of Topliss-reactive ketones (excluding diaryl/α,β-unsaturated/α-hetero) is 4. The highest BCUT2D eigenvalue weighted by Crippen LogP contribution is 2.52. The molecule has 1 saturated heterocycles. The zero-order valence-electron chi connectivity index (χ0n) is 22.9. The molecule has 6 atom stereocenters.